The van der Waals surface area contributed by atoms with Gasteiger partial charge in [0.1, 0.15) is 6.61 Å². The summed E-state index contributed by atoms with van der Waals surface area (Å²) >= 11 is 5.83. The van der Waals surface area contributed by atoms with Crippen molar-refractivity contribution in [1.82, 2.24) is 0 Å². The summed E-state index contributed by atoms with van der Waals surface area (Å²) in [5.41, 5.74) is -0.290. The Morgan fingerprint density at radius 2 is 2.12 bits per heavy atom. The molecule has 0 spiro atoms. The first kappa shape index (κ1) is 16.1. The summed E-state index contributed by atoms with van der Waals surface area (Å²) in [5, 5.41) is 20.9. The maximum atomic E-state index is 10.9. The molecular weight excluding hydrogens is 336 g/mol. The van der Waals surface area contributed by atoms with Gasteiger partial charge < -0.3 is 14.6 Å². The van der Waals surface area contributed by atoms with E-state index >= 15 is 0 Å². The molecule has 1 aliphatic rings. The van der Waals surface area contributed by atoms with Crippen LogP contribution in [-0.2, 0) is 0 Å². The number of hydrogen-bond donors (Lipinski definition) is 1. The van der Waals surface area contributed by atoms with Crippen molar-refractivity contribution in [3.8, 4) is 17.2 Å². The van der Waals surface area contributed by atoms with Gasteiger partial charge in [-0.3, -0.25) is 15.1 Å². The number of aliphatic imine (C=N–C) groups is 1. The zero-order valence-electron chi connectivity index (χ0n) is 12.4. The molecule has 0 saturated heterocycles. The smallest absolute Gasteiger partial charge is 0.312 e. The van der Waals surface area contributed by atoms with E-state index in [4.69, 9.17) is 21.1 Å². The molecule has 0 aliphatic carbocycles. The number of phenolic OH excluding ortho intramolecular Hbond substituents is 1. The van der Waals surface area contributed by atoms with Gasteiger partial charge in [-0.15, -0.1) is 0 Å². The van der Waals surface area contributed by atoms with Crippen molar-refractivity contribution in [3.63, 3.8) is 0 Å². The highest BCUT2D eigenvalue weighted by Crippen LogP contribution is 2.33. The fourth-order valence-electron chi connectivity index (χ4n) is 2.26. The van der Waals surface area contributed by atoms with E-state index in [2.05, 4.69) is 4.99 Å². The molecule has 0 fully saturated rings. The lowest BCUT2D eigenvalue weighted by Crippen LogP contribution is -2.31. The molecule has 0 amide bonds. The lowest BCUT2D eigenvalue weighted by molar-refractivity contribution is -0.385. The number of benzene rings is 2. The molecule has 2 aromatic rings. The number of halogens is 1. The fourth-order valence-corrected chi connectivity index (χ4v) is 2.49. The minimum Gasteiger partial charge on any atom is -0.502 e. The number of nitrogens with zero attached hydrogens (tertiary/aromatic N) is 2. The Bertz CT molecular complexity index is 809. The standard InChI is InChI=1S/C16H13ClN2O5/c17-11-5-10(16(20)13(6-11)19(21)22)7-18-8-12-9-23-14-3-1-2-4-15(14)24-12/h1-7,12,20H,8-9H2/t12-/m0/s1. The van der Waals surface area contributed by atoms with Crippen molar-refractivity contribution in [2.45, 2.75) is 6.10 Å². The summed E-state index contributed by atoms with van der Waals surface area (Å²) in [6, 6.07) is 9.81. The van der Waals surface area contributed by atoms with Gasteiger partial charge in [0, 0.05) is 22.9 Å². The van der Waals surface area contributed by atoms with E-state index in [0.717, 1.165) is 6.07 Å². The zero-order chi connectivity index (χ0) is 17.1. The number of hydrogen-bond acceptors (Lipinski definition) is 6. The maximum Gasteiger partial charge on any atom is 0.312 e. The molecule has 0 unspecified atom stereocenters. The van der Waals surface area contributed by atoms with Crippen molar-refractivity contribution in [1.29, 1.82) is 0 Å². The average Bonchev–Trinajstić information content (AvgIpc) is 2.57. The van der Waals surface area contributed by atoms with Crippen LogP contribution in [0.3, 0.4) is 0 Å². The van der Waals surface area contributed by atoms with Crippen molar-refractivity contribution >= 4 is 23.5 Å². The minimum atomic E-state index is -0.701. The van der Waals surface area contributed by atoms with Gasteiger partial charge in [0.2, 0.25) is 5.75 Å². The molecule has 1 heterocycles. The molecule has 1 atom stereocenters. The van der Waals surface area contributed by atoms with Gasteiger partial charge in [0.05, 0.1) is 11.5 Å². The molecular formula is C16H13ClN2O5. The third-order valence-corrected chi connectivity index (χ3v) is 3.61. The van der Waals surface area contributed by atoms with Gasteiger partial charge in [-0.05, 0) is 18.2 Å². The summed E-state index contributed by atoms with van der Waals surface area (Å²) in [4.78, 5) is 14.3. The molecule has 1 aliphatic heterocycles. The molecule has 0 bridgehead atoms. The molecule has 8 heteroatoms. The van der Waals surface area contributed by atoms with Gasteiger partial charge in [-0.2, -0.15) is 0 Å². The van der Waals surface area contributed by atoms with Crippen molar-refractivity contribution < 1.29 is 19.5 Å². The summed E-state index contributed by atoms with van der Waals surface area (Å²) in [7, 11) is 0. The Morgan fingerprint density at radius 1 is 1.38 bits per heavy atom. The number of phenols is 1. The maximum absolute atomic E-state index is 10.9. The van der Waals surface area contributed by atoms with Crippen LogP contribution < -0.4 is 9.47 Å². The Labute approximate surface area is 142 Å². The number of ether oxygens (including phenoxy) is 2. The van der Waals surface area contributed by atoms with Crippen LogP contribution in [0, 0.1) is 10.1 Å². The molecule has 2 aromatic carbocycles. The minimum absolute atomic E-state index is 0.145. The first-order chi connectivity index (χ1) is 11.5. The van der Waals surface area contributed by atoms with E-state index in [-0.39, 0.29) is 23.2 Å². The van der Waals surface area contributed by atoms with E-state index in [1.165, 1.54) is 12.3 Å². The average molecular weight is 349 g/mol. The van der Waals surface area contributed by atoms with Gasteiger partial charge in [-0.25, -0.2) is 0 Å². The van der Waals surface area contributed by atoms with E-state index in [0.29, 0.717) is 18.1 Å². The Kier molecular flexibility index (Phi) is 4.52. The van der Waals surface area contributed by atoms with Crippen LogP contribution in [0.1, 0.15) is 5.56 Å². The van der Waals surface area contributed by atoms with Crippen molar-refractivity contribution in [2.75, 3.05) is 13.2 Å². The second kappa shape index (κ2) is 6.76. The number of aromatic hydroxyl groups is 1. The predicted octanol–water partition coefficient (Wildman–Crippen LogP) is 3.21. The Morgan fingerprint density at radius 3 is 2.88 bits per heavy atom. The normalized spacial score (nSPS) is 16.3. The molecule has 0 radical (unpaired) electrons. The van der Waals surface area contributed by atoms with E-state index in [9.17, 15) is 15.2 Å². The molecule has 1 N–H and O–H groups in total. The number of nitro groups is 1. The number of fused-ring (bicyclic) bond motifs is 1. The van der Waals surface area contributed by atoms with Crippen LogP contribution >= 0.6 is 11.6 Å². The van der Waals surface area contributed by atoms with Crippen LogP contribution in [0.5, 0.6) is 17.2 Å². The molecule has 0 saturated carbocycles. The summed E-state index contributed by atoms with van der Waals surface area (Å²) < 4.78 is 11.3. The topological polar surface area (TPSA) is 94.2 Å². The summed E-state index contributed by atoms with van der Waals surface area (Å²) in [6.07, 6.45) is 1.05. The largest absolute Gasteiger partial charge is 0.502 e. The monoisotopic (exact) mass is 348 g/mol. The van der Waals surface area contributed by atoms with Gasteiger partial charge >= 0.3 is 5.69 Å². The van der Waals surface area contributed by atoms with E-state index in [1.807, 2.05) is 18.2 Å². The zero-order valence-corrected chi connectivity index (χ0v) is 13.1. The Balaban J connectivity index is 1.71. The summed E-state index contributed by atoms with van der Waals surface area (Å²) in [6.45, 7) is 0.615. The second-order valence-electron chi connectivity index (χ2n) is 5.11. The van der Waals surface area contributed by atoms with Crippen LogP contribution in [0.25, 0.3) is 0 Å². The Hall–Kier alpha value is -2.80. The third kappa shape index (κ3) is 3.41. The van der Waals surface area contributed by atoms with Gasteiger partial charge in [0.15, 0.2) is 17.6 Å². The fraction of sp³-hybridized carbons (Fsp3) is 0.188. The highest BCUT2D eigenvalue weighted by molar-refractivity contribution is 6.31. The van der Waals surface area contributed by atoms with Crippen LogP contribution in [0.2, 0.25) is 5.02 Å². The molecule has 24 heavy (non-hydrogen) atoms. The SMILES string of the molecule is O=[N+]([O-])c1cc(Cl)cc(C=NC[C@H]2COc3ccccc3O2)c1O. The lowest BCUT2D eigenvalue weighted by Gasteiger charge is -2.25. The van der Waals surface area contributed by atoms with E-state index in [1.54, 1.807) is 6.07 Å². The second-order valence-corrected chi connectivity index (χ2v) is 5.55. The van der Waals surface area contributed by atoms with Crippen molar-refractivity contribution in [2.24, 2.45) is 4.99 Å². The third-order valence-electron chi connectivity index (χ3n) is 3.39. The molecule has 7 nitrogen and oxygen atoms in total. The van der Waals surface area contributed by atoms with Crippen molar-refractivity contribution in [3.05, 3.63) is 57.1 Å². The number of nitro benzene ring substituents is 1. The highest BCUT2D eigenvalue weighted by Gasteiger charge is 2.20. The van der Waals surface area contributed by atoms with Gasteiger partial charge in [0.25, 0.3) is 0 Å². The predicted molar refractivity (Wildman–Crippen MR) is 88.6 cm³/mol. The number of para-hydroxylation sites is 2. The first-order valence-electron chi connectivity index (χ1n) is 7.10. The van der Waals surface area contributed by atoms with Crippen LogP contribution in [-0.4, -0.2) is 35.5 Å². The molecule has 124 valence electrons. The summed E-state index contributed by atoms with van der Waals surface area (Å²) in [5.74, 6) is 0.852. The quantitative estimate of drug-likeness (QED) is 0.520. The van der Waals surface area contributed by atoms with Crippen LogP contribution in [0.15, 0.2) is 41.4 Å². The van der Waals surface area contributed by atoms with Crippen LogP contribution in [0.4, 0.5) is 5.69 Å². The molecule has 3 rings (SSSR count). The van der Waals surface area contributed by atoms with Gasteiger partial charge in [-0.1, -0.05) is 23.7 Å². The lowest BCUT2D eigenvalue weighted by atomic mass is 10.2. The molecule has 0 aromatic heterocycles. The first-order valence-corrected chi connectivity index (χ1v) is 7.47. The number of rotatable bonds is 4. The highest BCUT2D eigenvalue weighted by atomic mass is 35.5. The van der Waals surface area contributed by atoms with E-state index < -0.39 is 16.4 Å².